The van der Waals surface area contributed by atoms with Crippen LogP contribution in [0.4, 0.5) is 5.82 Å². The maximum Gasteiger partial charge on any atom is 0.126 e. The Bertz CT molecular complexity index is 324. The summed E-state index contributed by atoms with van der Waals surface area (Å²) in [6.45, 7) is 5.48. The van der Waals surface area contributed by atoms with Crippen molar-refractivity contribution in [2.75, 3.05) is 11.9 Å². The predicted molar refractivity (Wildman–Crippen MR) is 64.0 cm³/mol. The van der Waals surface area contributed by atoms with Crippen LogP contribution >= 0.6 is 0 Å². The van der Waals surface area contributed by atoms with Gasteiger partial charge in [0.2, 0.25) is 0 Å². The average molecular weight is 204 g/mol. The Hall–Kier alpha value is -1.05. The van der Waals surface area contributed by atoms with Crippen molar-refractivity contribution in [3.63, 3.8) is 0 Å². The molecular weight excluding hydrogens is 184 g/mol. The molecule has 0 saturated heterocycles. The van der Waals surface area contributed by atoms with Crippen LogP contribution in [0.15, 0.2) is 18.3 Å². The second-order valence-corrected chi connectivity index (χ2v) is 4.78. The molecule has 1 N–H and O–H groups in total. The van der Waals surface area contributed by atoms with E-state index in [0.29, 0.717) is 5.41 Å². The van der Waals surface area contributed by atoms with Crippen LogP contribution in [0.5, 0.6) is 0 Å². The SMILES string of the molecule is CCC1(CNc2cc(C)ccn2)CCC1. The summed E-state index contributed by atoms with van der Waals surface area (Å²) in [7, 11) is 0. The zero-order chi connectivity index (χ0) is 10.7. The van der Waals surface area contributed by atoms with E-state index < -0.39 is 0 Å². The van der Waals surface area contributed by atoms with Gasteiger partial charge in [-0.05, 0) is 49.3 Å². The minimum absolute atomic E-state index is 0.561. The normalized spacial score (nSPS) is 18.3. The van der Waals surface area contributed by atoms with Crippen LogP contribution in [0.1, 0.15) is 38.2 Å². The summed E-state index contributed by atoms with van der Waals surface area (Å²) in [5, 5.41) is 3.47. The van der Waals surface area contributed by atoms with Gasteiger partial charge in [0.15, 0.2) is 0 Å². The molecule has 1 fully saturated rings. The van der Waals surface area contributed by atoms with Gasteiger partial charge in [-0.25, -0.2) is 4.98 Å². The quantitative estimate of drug-likeness (QED) is 0.813. The molecule has 0 amide bonds. The standard InChI is InChI=1S/C13H20N2/c1-3-13(6-4-7-13)10-15-12-9-11(2)5-8-14-12/h5,8-9H,3-4,6-7,10H2,1-2H3,(H,14,15). The van der Waals surface area contributed by atoms with Gasteiger partial charge in [0.1, 0.15) is 5.82 Å². The molecule has 2 heteroatoms. The molecule has 0 radical (unpaired) electrons. The Balaban J connectivity index is 1.92. The van der Waals surface area contributed by atoms with Gasteiger partial charge in [0.25, 0.3) is 0 Å². The molecule has 0 spiro atoms. The Morgan fingerprint density at radius 3 is 2.80 bits per heavy atom. The molecule has 15 heavy (non-hydrogen) atoms. The van der Waals surface area contributed by atoms with Gasteiger partial charge in [-0.15, -0.1) is 0 Å². The first kappa shape index (κ1) is 10.5. The van der Waals surface area contributed by atoms with Gasteiger partial charge in [0, 0.05) is 12.7 Å². The molecule has 0 aliphatic heterocycles. The summed E-state index contributed by atoms with van der Waals surface area (Å²) in [6.07, 6.45) is 7.31. The first-order valence-corrected chi connectivity index (χ1v) is 5.91. The van der Waals surface area contributed by atoms with E-state index in [0.717, 1.165) is 12.4 Å². The van der Waals surface area contributed by atoms with Crippen LogP contribution in [0.2, 0.25) is 0 Å². The highest BCUT2D eigenvalue weighted by atomic mass is 15.0. The third-order valence-electron chi connectivity index (χ3n) is 3.72. The number of nitrogens with one attached hydrogen (secondary N) is 1. The maximum atomic E-state index is 4.32. The topological polar surface area (TPSA) is 24.9 Å². The number of nitrogens with zero attached hydrogens (tertiary/aromatic N) is 1. The third kappa shape index (κ3) is 2.31. The van der Waals surface area contributed by atoms with Gasteiger partial charge < -0.3 is 5.32 Å². The number of pyridine rings is 1. The number of rotatable bonds is 4. The van der Waals surface area contributed by atoms with Crippen molar-refractivity contribution < 1.29 is 0 Å². The van der Waals surface area contributed by atoms with Crippen LogP contribution < -0.4 is 5.32 Å². The van der Waals surface area contributed by atoms with Crippen molar-refractivity contribution in [3.05, 3.63) is 23.9 Å². The summed E-state index contributed by atoms with van der Waals surface area (Å²) in [5.41, 5.74) is 1.83. The first-order valence-electron chi connectivity index (χ1n) is 5.91. The fourth-order valence-corrected chi connectivity index (χ4v) is 2.24. The van der Waals surface area contributed by atoms with E-state index in [-0.39, 0.29) is 0 Å². The van der Waals surface area contributed by atoms with Crippen LogP contribution in [0.3, 0.4) is 0 Å². The molecule has 82 valence electrons. The molecule has 1 heterocycles. The van der Waals surface area contributed by atoms with E-state index in [9.17, 15) is 0 Å². The van der Waals surface area contributed by atoms with Crippen molar-refractivity contribution in [1.82, 2.24) is 4.98 Å². The van der Waals surface area contributed by atoms with Gasteiger partial charge >= 0.3 is 0 Å². The van der Waals surface area contributed by atoms with Gasteiger partial charge in [-0.1, -0.05) is 13.3 Å². The van der Waals surface area contributed by atoms with Crippen molar-refractivity contribution >= 4 is 5.82 Å². The van der Waals surface area contributed by atoms with Crippen LogP contribution in [0, 0.1) is 12.3 Å². The zero-order valence-corrected chi connectivity index (χ0v) is 9.71. The van der Waals surface area contributed by atoms with Crippen molar-refractivity contribution in [1.29, 1.82) is 0 Å². The van der Waals surface area contributed by atoms with Crippen LogP contribution in [0.25, 0.3) is 0 Å². The van der Waals surface area contributed by atoms with Crippen LogP contribution in [-0.4, -0.2) is 11.5 Å². The number of aromatic nitrogens is 1. The molecule has 1 aliphatic rings. The highest BCUT2D eigenvalue weighted by Gasteiger charge is 2.34. The van der Waals surface area contributed by atoms with Crippen molar-refractivity contribution in [2.45, 2.75) is 39.5 Å². The van der Waals surface area contributed by atoms with E-state index in [1.807, 2.05) is 12.3 Å². The molecule has 0 aromatic carbocycles. The molecule has 1 saturated carbocycles. The summed E-state index contributed by atoms with van der Waals surface area (Å²) < 4.78 is 0. The fraction of sp³-hybridized carbons (Fsp3) is 0.615. The Morgan fingerprint density at radius 1 is 1.47 bits per heavy atom. The molecule has 1 aliphatic carbocycles. The third-order valence-corrected chi connectivity index (χ3v) is 3.72. The maximum absolute atomic E-state index is 4.32. The molecule has 2 nitrogen and oxygen atoms in total. The largest absolute Gasteiger partial charge is 0.370 e. The van der Waals surface area contributed by atoms with E-state index in [1.165, 1.54) is 31.2 Å². The lowest BCUT2D eigenvalue weighted by atomic mass is 9.67. The Labute approximate surface area is 92.1 Å². The monoisotopic (exact) mass is 204 g/mol. The fourth-order valence-electron chi connectivity index (χ4n) is 2.24. The first-order chi connectivity index (χ1) is 7.24. The van der Waals surface area contributed by atoms with Gasteiger partial charge in [-0.3, -0.25) is 0 Å². The molecule has 0 atom stereocenters. The van der Waals surface area contributed by atoms with Gasteiger partial charge in [-0.2, -0.15) is 0 Å². The highest BCUT2D eigenvalue weighted by molar-refractivity contribution is 5.37. The van der Waals surface area contributed by atoms with E-state index >= 15 is 0 Å². The number of hydrogen-bond donors (Lipinski definition) is 1. The van der Waals surface area contributed by atoms with E-state index in [4.69, 9.17) is 0 Å². The summed E-state index contributed by atoms with van der Waals surface area (Å²) in [6, 6.07) is 4.14. The summed E-state index contributed by atoms with van der Waals surface area (Å²) in [4.78, 5) is 4.32. The number of hydrogen-bond acceptors (Lipinski definition) is 2. The van der Waals surface area contributed by atoms with Crippen molar-refractivity contribution in [2.24, 2.45) is 5.41 Å². The highest BCUT2D eigenvalue weighted by Crippen LogP contribution is 2.43. The average Bonchev–Trinajstić information content (AvgIpc) is 2.17. The number of aryl methyl sites for hydroxylation is 1. The lowest BCUT2D eigenvalue weighted by Gasteiger charge is -2.41. The van der Waals surface area contributed by atoms with Crippen molar-refractivity contribution in [3.8, 4) is 0 Å². The molecule has 2 rings (SSSR count). The molecule has 0 bridgehead atoms. The van der Waals surface area contributed by atoms with Gasteiger partial charge in [0.05, 0.1) is 0 Å². The molecule has 0 unspecified atom stereocenters. The van der Waals surface area contributed by atoms with E-state index in [1.54, 1.807) is 0 Å². The Kier molecular flexibility index (Phi) is 2.94. The molecular formula is C13H20N2. The molecule has 1 aromatic rings. The summed E-state index contributed by atoms with van der Waals surface area (Å²) in [5.74, 6) is 1.02. The second kappa shape index (κ2) is 4.21. The lowest BCUT2D eigenvalue weighted by Crippen LogP contribution is -2.36. The molecule has 1 aromatic heterocycles. The second-order valence-electron chi connectivity index (χ2n) is 4.78. The minimum Gasteiger partial charge on any atom is -0.370 e. The Morgan fingerprint density at radius 2 is 2.27 bits per heavy atom. The van der Waals surface area contributed by atoms with E-state index in [2.05, 4.69) is 30.2 Å². The smallest absolute Gasteiger partial charge is 0.126 e. The summed E-state index contributed by atoms with van der Waals surface area (Å²) >= 11 is 0. The van der Waals surface area contributed by atoms with Crippen LogP contribution in [-0.2, 0) is 0 Å². The lowest BCUT2D eigenvalue weighted by molar-refractivity contribution is 0.145. The number of anilines is 1. The zero-order valence-electron chi connectivity index (χ0n) is 9.71. The minimum atomic E-state index is 0.561. The predicted octanol–water partition coefficient (Wildman–Crippen LogP) is 3.38.